The molecule has 1 aromatic carbocycles. The van der Waals surface area contributed by atoms with Gasteiger partial charge >= 0.3 is 0 Å². The molecule has 2 rings (SSSR count). The van der Waals surface area contributed by atoms with Gasteiger partial charge in [0.25, 0.3) is 0 Å². The Morgan fingerprint density at radius 3 is 2.35 bits per heavy atom. The van der Waals surface area contributed by atoms with E-state index in [4.69, 9.17) is 0 Å². The quantitative estimate of drug-likeness (QED) is 0.785. The molecular formula is C19H31N. The lowest BCUT2D eigenvalue weighted by atomic mass is 9.80. The standard InChI is InChI=1S/C19H31N/c1-15(2)12-17-8-10-18(11-9-17)13-20-14-19-7-5-4-6-16(19)3/h8-11,15-16,19-20H,4-7,12-14H2,1-3H3. The Morgan fingerprint density at radius 2 is 1.70 bits per heavy atom. The highest BCUT2D eigenvalue weighted by molar-refractivity contribution is 5.22. The second kappa shape index (κ2) is 7.83. The van der Waals surface area contributed by atoms with Crippen LogP contribution in [0, 0.1) is 17.8 Å². The van der Waals surface area contributed by atoms with Gasteiger partial charge in [0.1, 0.15) is 0 Å². The van der Waals surface area contributed by atoms with E-state index < -0.39 is 0 Å². The van der Waals surface area contributed by atoms with E-state index in [0.717, 1.165) is 24.3 Å². The highest BCUT2D eigenvalue weighted by Crippen LogP contribution is 2.28. The second-order valence-corrected chi connectivity index (χ2v) is 7.07. The van der Waals surface area contributed by atoms with Crippen molar-refractivity contribution in [3.8, 4) is 0 Å². The molecule has 0 bridgehead atoms. The Labute approximate surface area is 125 Å². The molecular weight excluding hydrogens is 242 g/mol. The predicted molar refractivity (Wildman–Crippen MR) is 87.8 cm³/mol. The first-order valence-electron chi connectivity index (χ1n) is 8.43. The number of hydrogen-bond acceptors (Lipinski definition) is 1. The van der Waals surface area contributed by atoms with E-state index in [1.807, 2.05) is 0 Å². The highest BCUT2D eigenvalue weighted by atomic mass is 14.9. The number of benzene rings is 1. The zero-order chi connectivity index (χ0) is 14.4. The fourth-order valence-corrected chi connectivity index (χ4v) is 3.36. The summed E-state index contributed by atoms with van der Waals surface area (Å²) >= 11 is 0. The fourth-order valence-electron chi connectivity index (χ4n) is 3.36. The molecule has 0 heterocycles. The molecule has 20 heavy (non-hydrogen) atoms. The third-order valence-electron chi connectivity index (χ3n) is 4.69. The molecule has 0 saturated heterocycles. The predicted octanol–water partition coefficient (Wildman–Crippen LogP) is 4.80. The Bertz CT molecular complexity index is 379. The van der Waals surface area contributed by atoms with Crippen molar-refractivity contribution in [2.45, 2.75) is 59.4 Å². The lowest BCUT2D eigenvalue weighted by Crippen LogP contribution is -2.29. The molecule has 1 heteroatoms. The van der Waals surface area contributed by atoms with Crippen LogP contribution >= 0.6 is 0 Å². The molecule has 112 valence electrons. The number of rotatable bonds is 6. The molecule has 1 nitrogen and oxygen atoms in total. The van der Waals surface area contributed by atoms with Gasteiger partial charge in [-0.1, -0.05) is 64.3 Å². The maximum absolute atomic E-state index is 3.66. The van der Waals surface area contributed by atoms with Gasteiger partial charge in [-0.3, -0.25) is 0 Å². The van der Waals surface area contributed by atoms with Crippen LogP contribution in [0.3, 0.4) is 0 Å². The summed E-state index contributed by atoms with van der Waals surface area (Å²) in [6.45, 7) is 9.19. The van der Waals surface area contributed by atoms with E-state index in [0.29, 0.717) is 0 Å². The van der Waals surface area contributed by atoms with Gasteiger partial charge < -0.3 is 5.32 Å². The Hall–Kier alpha value is -0.820. The van der Waals surface area contributed by atoms with E-state index >= 15 is 0 Å². The summed E-state index contributed by atoms with van der Waals surface area (Å²) in [5.41, 5.74) is 2.88. The minimum atomic E-state index is 0.742. The van der Waals surface area contributed by atoms with Gasteiger partial charge in [0.15, 0.2) is 0 Å². The van der Waals surface area contributed by atoms with Crippen LogP contribution in [0.1, 0.15) is 57.6 Å². The molecule has 0 radical (unpaired) electrons. The van der Waals surface area contributed by atoms with Crippen LogP contribution in [0.15, 0.2) is 24.3 Å². The smallest absolute Gasteiger partial charge is 0.0205 e. The average Bonchev–Trinajstić information content (AvgIpc) is 2.42. The van der Waals surface area contributed by atoms with E-state index in [2.05, 4.69) is 50.4 Å². The lowest BCUT2D eigenvalue weighted by molar-refractivity contribution is 0.247. The van der Waals surface area contributed by atoms with Crippen LogP contribution in [0.5, 0.6) is 0 Å². The molecule has 1 saturated carbocycles. The van der Waals surface area contributed by atoms with E-state index in [-0.39, 0.29) is 0 Å². The van der Waals surface area contributed by atoms with E-state index in [1.54, 1.807) is 0 Å². The summed E-state index contributed by atoms with van der Waals surface area (Å²) in [4.78, 5) is 0. The first kappa shape index (κ1) is 15.6. The number of hydrogen-bond donors (Lipinski definition) is 1. The Morgan fingerprint density at radius 1 is 1.05 bits per heavy atom. The Kier molecular flexibility index (Phi) is 6.09. The molecule has 2 unspecified atom stereocenters. The van der Waals surface area contributed by atoms with Crippen molar-refractivity contribution < 1.29 is 0 Å². The normalized spacial score (nSPS) is 23.2. The van der Waals surface area contributed by atoms with E-state index in [1.165, 1.54) is 49.8 Å². The minimum absolute atomic E-state index is 0.742. The topological polar surface area (TPSA) is 12.0 Å². The van der Waals surface area contributed by atoms with Crippen LogP contribution in [0.2, 0.25) is 0 Å². The van der Waals surface area contributed by atoms with Crippen molar-refractivity contribution >= 4 is 0 Å². The van der Waals surface area contributed by atoms with Gasteiger partial charge in [0, 0.05) is 6.54 Å². The SMILES string of the molecule is CC(C)Cc1ccc(CNCC2CCCCC2C)cc1. The first-order valence-corrected chi connectivity index (χ1v) is 8.43. The first-order chi connectivity index (χ1) is 9.65. The molecule has 1 N–H and O–H groups in total. The molecule has 2 atom stereocenters. The van der Waals surface area contributed by atoms with Crippen LogP contribution in [0.4, 0.5) is 0 Å². The summed E-state index contributed by atoms with van der Waals surface area (Å²) in [6.07, 6.45) is 6.90. The van der Waals surface area contributed by atoms with Crippen molar-refractivity contribution in [3.63, 3.8) is 0 Å². The lowest BCUT2D eigenvalue weighted by Gasteiger charge is -2.28. The molecule has 0 aliphatic heterocycles. The molecule has 1 aliphatic carbocycles. The van der Waals surface area contributed by atoms with E-state index in [9.17, 15) is 0 Å². The molecule has 1 aromatic rings. The summed E-state index contributed by atoms with van der Waals surface area (Å²) in [7, 11) is 0. The fraction of sp³-hybridized carbons (Fsp3) is 0.684. The van der Waals surface area contributed by atoms with Crippen LogP contribution in [0.25, 0.3) is 0 Å². The highest BCUT2D eigenvalue weighted by Gasteiger charge is 2.20. The summed E-state index contributed by atoms with van der Waals surface area (Å²) in [5.74, 6) is 2.54. The molecule has 0 spiro atoms. The van der Waals surface area contributed by atoms with Crippen molar-refractivity contribution in [2.75, 3.05) is 6.54 Å². The monoisotopic (exact) mass is 273 g/mol. The second-order valence-electron chi connectivity index (χ2n) is 7.07. The van der Waals surface area contributed by atoms with Crippen molar-refractivity contribution in [3.05, 3.63) is 35.4 Å². The molecule has 0 amide bonds. The third-order valence-corrected chi connectivity index (χ3v) is 4.69. The van der Waals surface area contributed by atoms with Gasteiger partial charge in [0.05, 0.1) is 0 Å². The molecule has 0 aromatic heterocycles. The van der Waals surface area contributed by atoms with Crippen LogP contribution < -0.4 is 5.32 Å². The van der Waals surface area contributed by atoms with Crippen molar-refractivity contribution in [2.24, 2.45) is 17.8 Å². The Balaban J connectivity index is 1.73. The van der Waals surface area contributed by atoms with Crippen LogP contribution in [-0.4, -0.2) is 6.54 Å². The summed E-state index contributed by atoms with van der Waals surface area (Å²) in [6, 6.07) is 9.16. The maximum atomic E-state index is 3.66. The maximum Gasteiger partial charge on any atom is 0.0205 e. The van der Waals surface area contributed by atoms with Crippen LogP contribution in [-0.2, 0) is 13.0 Å². The van der Waals surface area contributed by atoms with Crippen molar-refractivity contribution in [1.29, 1.82) is 0 Å². The summed E-state index contributed by atoms with van der Waals surface area (Å²) in [5, 5.41) is 3.66. The van der Waals surface area contributed by atoms with Gasteiger partial charge in [0.2, 0.25) is 0 Å². The van der Waals surface area contributed by atoms with Gasteiger partial charge in [-0.05, 0) is 48.3 Å². The van der Waals surface area contributed by atoms with Gasteiger partial charge in [-0.25, -0.2) is 0 Å². The largest absolute Gasteiger partial charge is 0.312 e. The molecule has 1 fully saturated rings. The van der Waals surface area contributed by atoms with Gasteiger partial charge in [-0.2, -0.15) is 0 Å². The molecule has 1 aliphatic rings. The van der Waals surface area contributed by atoms with Gasteiger partial charge in [-0.15, -0.1) is 0 Å². The zero-order valence-corrected chi connectivity index (χ0v) is 13.5. The number of nitrogens with one attached hydrogen (secondary N) is 1. The van der Waals surface area contributed by atoms with Crippen molar-refractivity contribution in [1.82, 2.24) is 5.32 Å². The zero-order valence-electron chi connectivity index (χ0n) is 13.5. The minimum Gasteiger partial charge on any atom is -0.312 e. The average molecular weight is 273 g/mol. The third kappa shape index (κ3) is 4.94. The summed E-state index contributed by atoms with van der Waals surface area (Å²) < 4.78 is 0.